The van der Waals surface area contributed by atoms with Crippen LogP contribution < -0.4 is 15.0 Å². The summed E-state index contributed by atoms with van der Waals surface area (Å²) in [5.41, 5.74) is 0. The van der Waals surface area contributed by atoms with Crippen molar-refractivity contribution in [3.05, 3.63) is 6.33 Å². The van der Waals surface area contributed by atoms with Crippen LogP contribution in [0.25, 0.3) is 0 Å². The van der Waals surface area contributed by atoms with Crippen LogP contribution in [0.3, 0.4) is 0 Å². The summed E-state index contributed by atoms with van der Waals surface area (Å²) in [4.78, 5) is 10.8. The van der Waals surface area contributed by atoms with Gasteiger partial charge in [-0.3, -0.25) is 0 Å². The third kappa shape index (κ3) is 2.63. The molecule has 1 aromatic heterocycles. The Bertz CT molecular complexity index is 425. The topological polar surface area (TPSA) is 50.3 Å². The van der Waals surface area contributed by atoms with Gasteiger partial charge in [-0.25, -0.2) is 9.97 Å². The van der Waals surface area contributed by atoms with Gasteiger partial charge in [0.05, 0.1) is 7.11 Å². The van der Waals surface area contributed by atoms with E-state index in [1.54, 1.807) is 13.4 Å². The van der Waals surface area contributed by atoms with Gasteiger partial charge in [0.25, 0.3) is 0 Å². The van der Waals surface area contributed by atoms with Gasteiger partial charge in [0.15, 0.2) is 11.6 Å². The second kappa shape index (κ2) is 5.22. The highest BCUT2D eigenvalue weighted by Crippen LogP contribution is 2.37. The molecule has 0 saturated carbocycles. The van der Waals surface area contributed by atoms with Gasteiger partial charge in [-0.1, -0.05) is 0 Å². The molecule has 6 heteroatoms. The van der Waals surface area contributed by atoms with E-state index >= 15 is 0 Å². The van der Waals surface area contributed by atoms with E-state index in [4.69, 9.17) is 4.74 Å². The largest absolute Gasteiger partial charge is 0.490 e. The molecule has 18 heavy (non-hydrogen) atoms. The number of rotatable bonds is 3. The van der Waals surface area contributed by atoms with Crippen molar-refractivity contribution < 1.29 is 4.74 Å². The Labute approximate surface area is 112 Å². The van der Waals surface area contributed by atoms with Gasteiger partial charge in [0.1, 0.15) is 6.33 Å². The van der Waals surface area contributed by atoms with Crippen LogP contribution in [0, 0.1) is 0 Å². The minimum absolute atomic E-state index is 0.244. The SMILES string of the molecule is CNc1ncnc(N2CCSC(C)(C)C2)c1OC. The number of hydrogen-bond acceptors (Lipinski definition) is 6. The molecule has 2 heterocycles. The van der Waals surface area contributed by atoms with Crippen molar-refractivity contribution in [2.45, 2.75) is 18.6 Å². The van der Waals surface area contributed by atoms with Crippen molar-refractivity contribution >= 4 is 23.4 Å². The molecule has 100 valence electrons. The second-order valence-electron chi connectivity index (χ2n) is 4.86. The summed E-state index contributed by atoms with van der Waals surface area (Å²) < 4.78 is 5.70. The zero-order valence-corrected chi connectivity index (χ0v) is 12.2. The zero-order chi connectivity index (χ0) is 13.2. The number of methoxy groups -OCH3 is 1. The predicted molar refractivity (Wildman–Crippen MR) is 76.9 cm³/mol. The van der Waals surface area contributed by atoms with E-state index < -0.39 is 0 Å². The average Bonchev–Trinajstić information content (AvgIpc) is 2.36. The number of anilines is 2. The smallest absolute Gasteiger partial charge is 0.204 e. The summed E-state index contributed by atoms with van der Waals surface area (Å²) in [7, 11) is 3.50. The molecule has 1 fully saturated rings. The number of thioether (sulfide) groups is 1. The van der Waals surface area contributed by atoms with E-state index in [9.17, 15) is 0 Å². The zero-order valence-electron chi connectivity index (χ0n) is 11.4. The standard InChI is InChI=1S/C12H20N4OS/c1-12(2)7-16(5-6-18-12)11-9(17-4)10(13-3)14-8-15-11/h8H,5-7H2,1-4H3,(H,13,14,15). The molecular weight excluding hydrogens is 248 g/mol. The van der Waals surface area contributed by atoms with E-state index in [0.717, 1.165) is 36.2 Å². The molecule has 0 aliphatic carbocycles. The Morgan fingerprint density at radius 2 is 2.22 bits per heavy atom. The van der Waals surface area contributed by atoms with Crippen LogP contribution in [-0.4, -0.2) is 47.7 Å². The fourth-order valence-corrected chi connectivity index (χ4v) is 3.26. The van der Waals surface area contributed by atoms with E-state index in [-0.39, 0.29) is 4.75 Å². The van der Waals surface area contributed by atoms with E-state index in [1.807, 2.05) is 18.8 Å². The predicted octanol–water partition coefficient (Wildman–Crippen LogP) is 1.86. The summed E-state index contributed by atoms with van der Waals surface area (Å²) in [5.74, 6) is 3.45. The first-order valence-electron chi connectivity index (χ1n) is 6.03. The molecule has 1 aliphatic heterocycles. The lowest BCUT2D eigenvalue weighted by Gasteiger charge is -2.38. The summed E-state index contributed by atoms with van der Waals surface area (Å²) in [6, 6.07) is 0. The van der Waals surface area contributed by atoms with E-state index in [1.165, 1.54) is 0 Å². The highest BCUT2D eigenvalue weighted by molar-refractivity contribution is 8.00. The fourth-order valence-electron chi connectivity index (χ4n) is 2.15. The molecule has 1 aromatic rings. The molecular formula is C12H20N4OS. The summed E-state index contributed by atoms with van der Waals surface area (Å²) >= 11 is 2.00. The molecule has 0 bridgehead atoms. The minimum atomic E-state index is 0.244. The summed E-state index contributed by atoms with van der Waals surface area (Å²) in [5, 5.41) is 3.04. The lowest BCUT2D eigenvalue weighted by Crippen LogP contribution is -2.43. The van der Waals surface area contributed by atoms with Gasteiger partial charge >= 0.3 is 0 Å². The third-order valence-corrected chi connectivity index (χ3v) is 4.25. The molecule has 0 atom stereocenters. The van der Waals surface area contributed by atoms with Crippen molar-refractivity contribution in [2.75, 3.05) is 43.2 Å². The van der Waals surface area contributed by atoms with Crippen LogP contribution >= 0.6 is 11.8 Å². The average molecular weight is 268 g/mol. The highest BCUT2D eigenvalue weighted by atomic mass is 32.2. The van der Waals surface area contributed by atoms with Crippen LogP contribution in [0.2, 0.25) is 0 Å². The molecule has 1 aliphatic rings. The summed E-state index contributed by atoms with van der Waals surface area (Å²) in [6.45, 7) is 6.48. The molecule has 0 unspecified atom stereocenters. The molecule has 1 N–H and O–H groups in total. The van der Waals surface area contributed by atoms with Crippen molar-refractivity contribution in [1.29, 1.82) is 0 Å². The van der Waals surface area contributed by atoms with Crippen molar-refractivity contribution in [2.24, 2.45) is 0 Å². The molecule has 5 nitrogen and oxygen atoms in total. The maximum atomic E-state index is 5.45. The number of hydrogen-bond donors (Lipinski definition) is 1. The Hall–Kier alpha value is -1.17. The van der Waals surface area contributed by atoms with Gasteiger partial charge in [-0.15, -0.1) is 0 Å². The van der Waals surface area contributed by atoms with Crippen molar-refractivity contribution in [3.63, 3.8) is 0 Å². The Balaban J connectivity index is 2.32. The molecule has 0 aromatic carbocycles. The van der Waals surface area contributed by atoms with Crippen molar-refractivity contribution in [1.82, 2.24) is 9.97 Å². The Morgan fingerprint density at radius 3 is 2.83 bits per heavy atom. The van der Waals surface area contributed by atoms with Crippen LogP contribution in [0.4, 0.5) is 11.6 Å². The number of nitrogens with one attached hydrogen (secondary N) is 1. The van der Waals surface area contributed by atoms with Crippen LogP contribution in [-0.2, 0) is 0 Å². The molecule has 0 spiro atoms. The highest BCUT2D eigenvalue weighted by Gasteiger charge is 2.29. The maximum absolute atomic E-state index is 5.45. The lowest BCUT2D eigenvalue weighted by atomic mass is 10.2. The number of ether oxygens (including phenoxy) is 1. The second-order valence-corrected chi connectivity index (χ2v) is 6.66. The lowest BCUT2D eigenvalue weighted by molar-refractivity contribution is 0.411. The Morgan fingerprint density at radius 1 is 1.44 bits per heavy atom. The van der Waals surface area contributed by atoms with Crippen LogP contribution in [0.5, 0.6) is 5.75 Å². The maximum Gasteiger partial charge on any atom is 0.204 e. The first-order valence-corrected chi connectivity index (χ1v) is 7.01. The van der Waals surface area contributed by atoms with Gasteiger partial charge in [0, 0.05) is 30.6 Å². The molecule has 0 radical (unpaired) electrons. The quantitative estimate of drug-likeness (QED) is 0.903. The van der Waals surface area contributed by atoms with Crippen LogP contribution in [0.15, 0.2) is 6.33 Å². The monoisotopic (exact) mass is 268 g/mol. The normalized spacial score (nSPS) is 18.6. The van der Waals surface area contributed by atoms with Gasteiger partial charge in [0.2, 0.25) is 5.75 Å². The molecule has 1 saturated heterocycles. The van der Waals surface area contributed by atoms with Gasteiger partial charge in [-0.2, -0.15) is 11.8 Å². The molecule has 0 amide bonds. The minimum Gasteiger partial charge on any atom is -0.490 e. The number of nitrogens with zero attached hydrogens (tertiary/aromatic N) is 3. The first-order chi connectivity index (χ1) is 8.57. The van der Waals surface area contributed by atoms with Gasteiger partial charge < -0.3 is 15.0 Å². The Kier molecular flexibility index (Phi) is 3.85. The molecule has 2 rings (SSSR count). The van der Waals surface area contributed by atoms with Gasteiger partial charge in [-0.05, 0) is 13.8 Å². The van der Waals surface area contributed by atoms with E-state index in [0.29, 0.717) is 0 Å². The first kappa shape index (κ1) is 13.3. The van der Waals surface area contributed by atoms with Crippen LogP contribution in [0.1, 0.15) is 13.8 Å². The fraction of sp³-hybridized carbons (Fsp3) is 0.667. The summed E-state index contributed by atoms with van der Waals surface area (Å²) in [6.07, 6.45) is 1.58. The van der Waals surface area contributed by atoms with E-state index in [2.05, 4.69) is 34.0 Å². The van der Waals surface area contributed by atoms with Crippen molar-refractivity contribution in [3.8, 4) is 5.75 Å². The number of aromatic nitrogens is 2. The third-order valence-electron chi connectivity index (χ3n) is 2.95.